The topological polar surface area (TPSA) is 80.3 Å². The molecule has 0 aromatic heterocycles. The maximum Gasteiger partial charge on any atom is 0.235 e. The molecule has 0 fully saturated rings. The fourth-order valence-electron chi connectivity index (χ4n) is 1.34. The number of sulfone groups is 1. The standard InChI is InChI=1S/C12H23NO4S/c1-8(2)11(9(3)14)13-10(15)7-18(16,17)12(4,5)6/h8,11H,7H2,1-6H3,(H,13,15). The Morgan fingerprint density at radius 3 is 1.89 bits per heavy atom. The maximum atomic E-state index is 11.8. The molecule has 0 radical (unpaired) electrons. The summed E-state index contributed by atoms with van der Waals surface area (Å²) in [5, 5.41) is 2.48. The van der Waals surface area contributed by atoms with Gasteiger partial charge in [-0.05, 0) is 33.6 Å². The Morgan fingerprint density at radius 2 is 1.61 bits per heavy atom. The van der Waals surface area contributed by atoms with Crippen LogP contribution in [0.3, 0.4) is 0 Å². The van der Waals surface area contributed by atoms with E-state index in [1.54, 1.807) is 34.6 Å². The summed E-state index contributed by atoms with van der Waals surface area (Å²) >= 11 is 0. The normalized spacial score (nSPS) is 14.4. The molecule has 0 bridgehead atoms. The van der Waals surface area contributed by atoms with Gasteiger partial charge >= 0.3 is 0 Å². The minimum atomic E-state index is -3.52. The van der Waals surface area contributed by atoms with Crippen molar-refractivity contribution in [3.05, 3.63) is 0 Å². The molecule has 6 heteroatoms. The number of rotatable bonds is 5. The van der Waals surface area contributed by atoms with Crippen LogP contribution in [-0.2, 0) is 19.4 Å². The lowest BCUT2D eigenvalue weighted by atomic mass is 10.0. The highest BCUT2D eigenvalue weighted by atomic mass is 32.2. The molecule has 0 spiro atoms. The van der Waals surface area contributed by atoms with Crippen molar-refractivity contribution in [2.75, 3.05) is 5.75 Å². The Labute approximate surface area is 109 Å². The molecule has 0 aliphatic rings. The van der Waals surface area contributed by atoms with Gasteiger partial charge in [-0.2, -0.15) is 0 Å². The molecule has 0 aliphatic heterocycles. The van der Waals surface area contributed by atoms with Crippen LogP contribution in [-0.4, -0.2) is 36.6 Å². The Hall–Kier alpha value is -0.910. The summed E-state index contributed by atoms with van der Waals surface area (Å²) in [5.41, 5.74) is 0. The van der Waals surface area contributed by atoms with E-state index >= 15 is 0 Å². The lowest BCUT2D eigenvalue weighted by molar-refractivity contribution is -0.126. The molecule has 1 amide bonds. The first-order chi connectivity index (χ1) is 7.88. The minimum Gasteiger partial charge on any atom is -0.345 e. The van der Waals surface area contributed by atoms with Crippen LogP contribution in [0.25, 0.3) is 0 Å². The van der Waals surface area contributed by atoms with E-state index in [-0.39, 0.29) is 11.7 Å². The average molecular weight is 277 g/mol. The van der Waals surface area contributed by atoms with E-state index < -0.39 is 32.3 Å². The van der Waals surface area contributed by atoms with E-state index in [9.17, 15) is 18.0 Å². The molecule has 5 nitrogen and oxygen atoms in total. The smallest absolute Gasteiger partial charge is 0.235 e. The van der Waals surface area contributed by atoms with Crippen LogP contribution >= 0.6 is 0 Å². The lowest BCUT2D eigenvalue weighted by Crippen LogP contribution is -2.47. The van der Waals surface area contributed by atoms with Crippen molar-refractivity contribution in [3.63, 3.8) is 0 Å². The number of hydrogen-bond acceptors (Lipinski definition) is 4. The van der Waals surface area contributed by atoms with Gasteiger partial charge in [-0.25, -0.2) is 8.42 Å². The molecule has 0 aromatic rings. The molecule has 0 saturated heterocycles. The highest BCUT2D eigenvalue weighted by Crippen LogP contribution is 2.15. The Balaban J connectivity index is 4.77. The predicted molar refractivity (Wildman–Crippen MR) is 71.0 cm³/mol. The number of hydrogen-bond donors (Lipinski definition) is 1. The predicted octanol–water partition coefficient (Wildman–Crippen LogP) is 0.929. The largest absolute Gasteiger partial charge is 0.345 e. The van der Waals surface area contributed by atoms with E-state index in [4.69, 9.17) is 0 Å². The van der Waals surface area contributed by atoms with Crippen LogP contribution < -0.4 is 5.32 Å². The van der Waals surface area contributed by atoms with Gasteiger partial charge in [0.1, 0.15) is 5.75 Å². The molecule has 0 aliphatic carbocycles. The summed E-state index contributed by atoms with van der Waals surface area (Å²) in [7, 11) is -3.52. The second-order valence-electron chi connectivity index (χ2n) is 5.77. The first-order valence-electron chi connectivity index (χ1n) is 5.90. The van der Waals surface area contributed by atoms with Crippen LogP contribution in [0.15, 0.2) is 0 Å². The van der Waals surface area contributed by atoms with Crippen molar-refractivity contribution >= 4 is 21.5 Å². The molecule has 0 rings (SSSR count). The summed E-state index contributed by atoms with van der Waals surface area (Å²) in [6.07, 6.45) is 0. The summed E-state index contributed by atoms with van der Waals surface area (Å²) in [6, 6.07) is -0.632. The molecular formula is C12H23NO4S. The summed E-state index contributed by atoms with van der Waals surface area (Å²) < 4.78 is 22.7. The lowest BCUT2D eigenvalue weighted by Gasteiger charge is -2.22. The monoisotopic (exact) mass is 277 g/mol. The zero-order valence-electron chi connectivity index (χ0n) is 11.9. The van der Waals surface area contributed by atoms with Gasteiger partial charge in [0, 0.05) is 0 Å². The molecule has 1 unspecified atom stereocenters. The third-order valence-electron chi connectivity index (χ3n) is 2.68. The number of carbonyl (C=O) groups excluding carboxylic acids is 2. The maximum absolute atomic E-state index is 11.8. The van der Waals surface area contributed by atoms with Gasteiger partial charge in [0.25, 0.3) is 0 Å². The van der Waals surface area contributed by atoms with Gasteiger partial charge in [-0.3, -0.25) is 9.59 Å². The SMILES string of the molecule is CC(=O)C(NC(=O)CS(=O)(=O)C(C)(C)C)C(C)C. The quantitative estimate of drug-likeness (QED) is 0.810. The molecule has 1 atom stereocenters. The van der Waals surface area contributed by atoms with Crippen LogP contribution in [0, 0.1) is 5.92 Å². The van der Waals surface area contributed by atoms with Gasteiger partial charge in [-0.15, -0.1) is 0 Å². The average Bonchev–Trinajstić information content (AvgIpc) is 2.10. The second-order valence-corrected chi connectivity index (χ2v) is 8.51. The number of amides is 1. The first kappa shape index (κ1) is 17.1. The number of Topliss-reactive ketones (excluding diaryl/α,β-unsaturated/α-hetero) is 1. The van der Waals surface area contributed by atoms with E-state index in [1.807, 2.05) is 0 Å². The number of ketones is 1. The van der Waals surface area contributed by atoms with Crippen molar-refractivity contribution in [2.45, 2.75) is 52.3 Å². The third kappa shape index (κ3) is 4.76. The van der Waals surface area contributed by atoms with E-state index in [0.717, 1.165) is 0 Å². The van der Waals surface area contributed by atoms with Gasteiger partial charge in [0.2, 0.25) is 5.91 Å². The summed E-state index contributed by atoms with van der Waals surface area (Å²) in [4.78, 5) is 23.0. The fraction of sp³-hybridized carbons (Fsp3) is 0.833. The summed E-state index contributed by atoms with van der Waals surface area (Å²) in [6.45, 7) is 9.60. The van der Waals surface area contributed by atoms with E-state index in [0.29, 0.717) is 0 Å². The zero-order chi connectivity index (χ0) is 14.7. The Morgan fingerprint density at radius 1 is 1.17 bits per heavy atom. The van der Waals surface area contributed by atoms with Crippen LogP contribution in [0.2, 0.25) is 0 Å². The van der Waals surface area contributed by atoms with Crippen molar-refractivity contribution in [1.82, 2.24) is 5.32 Å². The van der Waals surface area contributed by atoms with E-state index in [1.165, 1.54) is 6.92 Å². The van der Waals surface area contributed by atoms with Crippen LogP contribution in [0.5, 0.6) is 0 Å². The first-order valence-corrected chi connectivity index (χ1v) is 7.56. The van der Waals surface area contributed by atoms with Gasteiger partial charge in [-0.1, -0.05) is 13.8 Å². The van der Waals surface area contributed by atoms with Crippen molar-refractivity contribution < 1.29 is 18.0 Å². The molecule has 1 N–H and O–H groups in total. The minimum absolute atomic E-state index is 0.0659. The fourth-order valence-corrected chi connectivity index (χ4v) is 2.20. The second kappa shape index (κ2) is 5.82. The molecule has 18 heavy (non-hydrogen) atoms. The Bertz CT molecular complexity index is 418. The molecule has 0 saturated carbocycles. The number of carbonyl (C=O) groups is 2. The number of nitrogens with one attached hydrogen (secondary N) is 1. The van der Waals surface area contributed by atoms with Gasteiger partial charge in [0.05, 0.1) is 10.8 Å². The molecule has 0 aromatic carbocycles. The molecule has 0 heterocycles. The van der Waals surface area contributed by atoms with Crippen LogP contribution in [0.1, 0.15) is 41.5 Å². The Kier molecular flexibility index (Phi) is 5.53. The molecule has 106 valence electrons. The summed E-state index contributed by atoms with van der Waals surface area (Å²) in [5.74, 6) is -1.46. The van der Waals surface area contributed by atoms with Crippen molar-refractivity contribution in [2.24, 2.45) is 5.92 Å². The van der Waals surface area contributed by atoms with Gasteiger partial charge < -0.3 is 5.32 Å². The molecular weight excluding hydrogens is 254 g/mol. The van der Waals surface area contributed by atoms with E-state index in [2.05, 4.69) is 5.32 Å². The third-order valence-corrected chi connectivity index (χ3v) is 5.18. The van der Waals surface area contributed by atoms with Crippen molar-refractivity contribution in [1.29, 1.82) is 0 Å². The van der Waals surface area contributed by atoms with Crippen LogP contribution in [0.4, 0.5) is 0 Å². The van der Waals surface area contributed by atoms with Crippen molar-refractivity contribution in [3.8, 4) is 0 Å². The van der Waals surface area contributed by atoms with Gasteiger partial charge in [0.15, 0.2) is 15.6 Å². The zero-order valence-corrected chi connectivity index (χ0v) is 12.7. The highest BCUT2D eigenvalue weighted by molar-refractivity contribution is 7.93. The highest BCUT2D eigenvalue weighted by Gasteiger charge is 2.32.